The van der Waals surface area contributed by atoms with E-state index in [0.29, 0.717) is 10.8 Å². The predicted molar refractivity (Wildman–Crippen MR) is 138 cm³/mol. The maximum absolute atomic E-state index is 12.7. The summed E-state index contributed by atoms with van der Waals surface area (Å²) >= 11 is 2.75. The Kier molecular flexibility index (Phi) is 7.33. The number of aromatic nitrogens is 1. The molecule has 178 valence electrons. The zero-order valence-electron chi connectivity index (χ0n) is 18.8. The van der Waals surface area contributed by atoms with Crippen LogP contribution < -0.4 is 15.4 Å². The van der Waals surface area contributed by atoms with E-state index >= 15 is 0 Å². The zero-order valence-corrected chi connectivity index (χ0v) is 20.4. The highest BCUT2D eigenvalue weighted by Crippen LogP contribution is 2.30. The molecule has 0 bridgehead atoms. The summed E-state index contributed by atoms with van der Waals surface area (Å²) in [6, 6.07) is 18.6. The number of carbonyl (C=O) groups is 3. The molecule has 4 aromatic rings. The van der Waals surface area contributed by atoms with E-state index < -0.39 is 11.9 Å². The number of nitrogens with zero attached hydrogens (tertiary/aromatic N) is 1. The number of thiazole rings is 1. The van der Waals surface area contributed by atoms with Crippen molar-refractivity contribution in [3.05, 3.63) is 77.9 Å². The molecule has 3 aromatic carbocycles. The fourth-order valence-corrected chi connectivity index (χ4v) is 5.00. The van der Waals surface area contributed by atoms with Crippen LogP contribution in [0.3, 0.4) is 0 Å². The van der Waals surface area contributed by atoms with Crippen molar-refractivity contribution in [3.8, 4) is 5.75 Å². The van der Waals surface area contributed by atoms with Crippen molar-refractivity contribution in [1.29, 1.82) is 0 Å². The zero-order chi connectivity index (χ0) is 24.9. The van der Waals surface area contributed by atoms with Crippen LogP contribution in [0.4, 0.5) is 10.8 Å². The molecule has 10 heteroatoms. The molecule has 35 heavy (non-hydrogen) atoms. The fourth-order valence-electron chi connectivity index (χ4n) is 3.23. The summed E-state index contributed by atoms with van der Waals surface area (Å²) in [7, 11) is 1.60. The van der Waals surface area contributed by atoms with E-state index in [4.69, 9.17) is 4.74 Å². The van der Waals surface area contributed by atoms with Gasteiger partial charge in [0.1, 0.15) is 5.75 Å². The lowest BCUT2D eigenvalue weighted by molar-refractivity contribution is -0.115. The number of methoxy groups -OCH3 is 1. The summed E-state index contributed by atoms with van der Waals surface area (Å²) in [4.78, 5) is 41.8. The van der Waals surface area contributed by atoms with E-state index in [2.05, 4.69) is 15.6 Å². The molecule has 4 rings (SSSR count). The van der Waals surface area contributed by atoms with Crippen LogP contribution in [0.1, 0.15) is 27.6 Å². The normalized spacial score (nSPS) is 11.6. The van der Waals surface area contributed by atoms with E-state index in [9.17, 15) is 19.5 Å². The SMILES string of the molecule is COc1ccc2nc(NC(=O)C(C)Sc3ccc(NC(=O)c4ccccc4C(=O)O)cc3)sc2c1. The Labute approximate surface area is 209 Å². The second kappa shape index (κ2) is 10.6. The van der Waals surface area contributed by atoms with Crippen LogP contribution in [0.15, 0.2) is 71.6 Å². The lowest BCUT2D eigenvalue weighted by atomic mass is 10.1. The van der Waals surface area contributed by atoms with Crippen molar-refractivity contribution in [2.75, 3.05) is 17.7 Å². The summed E-state index contributed by atoms with van der Waals surface area (Å²) in [6.45, 7) is 1.80. The second-order valence-electron chi connectivity index (χ2n) is 7.43. The van der Waals surface area contributed by atoms with Gasteiger partial charge in [0.15, 0.2) is 5.13 Å². The number of fused-ring (bicyclic) bond motifs is 1. The van der Waals surface area contributed by atoms with Crippen LogP contribution in [0.2, 0.25) is 0 Å². The number of nitrogens with one attached hydrogen (secondary N) is 2. The first-order chi connectivity index (χ1) is 16.8. The van der Waals surface area contributed by atoms with E-state index in [1.807, 2.05) is 18.2 Å². The average Bonchev–Trinajstić information content (AvgIpc) is 3.26. The fraction of sp³-hybridized carbons (Fsp3) is 0.120. The Bertz CT molecular complexity index is 1400. The monoisotopic (exact) mass is 507 g/mol. The Morgan fingerprint density at radius 3 is 2.40 bits per heavy atom. The van der Waals surface area contributed by atoms with E-state index in [0.717, 1.165) is 20.9 Å². The third-order valence-corrected chi connectivity index (χ3v) is 7.07. The Balaban J connectivity index is 1.36. The average molecular weight is 508 g/mol. The molecule has 0 saturated carbocycles. The second-order valence-corrected chi connectivity index (χ2v) is 9.88. The van der Waals surface area contributed by atoms with Gasteiger partial charge >= 0.3 is 5.97 Å². The number of ether oxygens (including phenoxy) is 1. The number of amides is 2. The summed E-state index contributed by atoms with van der Waals surface area (Å²) in [6.07, 6.45) is 0. The number of rotatable bonds is 8. The van der Waals surface area contributed by atoms with Crippen molar-refractivity contribution in [3.63, 3.8) is 0 Å². The molecule has 0 aliphatic heterocycles. The first-order valence-electron chi connectivity index (χ1n) is 10.5. The van der Waals surface area contributed by atoms with Crippen LogP contribution in [0.25, 0.3) is 10.2 Å². The van der Waals surface area contributed by atoms with Crippen LogP contribution in [0, 0.1) is 0 Å². The summed E-state index contributed by atoms with van der Waals surface area (Å²) < 4.78 is 6.15. The van der Waals surface area contributed by atoms with Crippen molar-refractivity contribution in [1.82, 2.24) is 4.98 Å². The van der Waals surface area contributed by atoms with Crippen molar-refractivity contribution < 1.29 is 24.2 Å². The third kappa shape index (κ3) is 5.79. The van der Waals surface area contributed by atoms with Gasteiger partial charge in [-0.1, -0.05) is 23.5 Å². The molecule has 1 unspecified atom stereocenters. The summed E-state index contributed by atoms with van der Waals surface area (Å²) in [5.74, 6) is -1.12. The highest BCUT2D eigenvalue weighted by molar-refractivity contribution is 8.00. The number of hydrogen-bond acceptors (Lipinski definition) is 7. The number of benzene rings is 3. The van der Waals surface area contributed by atoms with Gasteiger partial charge in [0.2, 0.25) is 5.91 Å². The van der Waals surface area contributed by atoms with E-state index in [1.54, 1.807) is 50.4 Å². The van der Waals surface area contributed by atoms with Gasteiger partial charge in [0.05, 0.1) is 33.7 Å². The van der Waals surface area contributed by atoms with Crippen LogP contribution in [-0.2, 0) is 4.79 Å². The van der Waals surface area contributed by atoms with Crippen LogP contribution in [-0.4, -0.2) is 40.2 Å². The standard InChI is InChI=1S/C25H21N3O5S2/c1-14(22(29)28-25-27-20-12-9-16(33-2)13-21(20)35-25)34-17-10-7-15(8-11-17)26-23(30)18-5-3-4-6-19(18)24(31)32/h3-14H,1-2H3,(H,26,30)(H,31,32)(H,27,28,29). The van der Waals surface area contributed by atoms with Gasteiger partial charge in [0.25, 0.3) is 5.91 Å². The number of anilines is 2. The Morgan fingerprint density at radius 1 is 1.00 bits per heavy atom. The lowest BCUT2D eigenvalue weighted by Gasteiger charge is -2.11. The number of carboxylic acid groups (broad SMARTS) is 1. The minimum Gasteiger partial charge on any atom is -0.497 e. The number of aromatic carboxylic acids is 1. The molecule has 8 nitrogen and oxygen atoms in total. The topological polar surface area (TPSA) is 118 Å². The molecular formula is C25H21N3O5S2. The molecule has 0 spiro atoms. The van der Waals surface area contributed by atoms with E-state index in [-0.39, 0.29) is 22.3 Å². The molecule has 1 heterocycles. The van der Waals surface area contributed by atoms with Gasteiger partial charge < -0.3 is 20.5 Å². The maximum Gasteiger partial charge on any atom is 0.336 e. The lowest BCUT2D eigenvalue weighted by Crippen LogP contribution is -2.22. The first-order valence-corrected chi connectivity index (χ1v) is 12.2. The third-order valence-electron chi connectivity index (χ3n) is 5.02. The van der Waals surface area contributed by atoms with E-state index in [1.165, 1.54) is 35.2 Å². The molecule has 0 aliphatic rings. The molecule has 0 radical (unpaired) electrons. The molecule has 0 saturated heterocycles. The van der Waals surface area contributed by atoms with Gasteiger partial charge in [0, 0.05) is 10.6 Å². The minimum absolute atomic E-state index is 0.0655. The molecular weight excluding hydrogens is 486 g/mol. The number of thioether (sulfide) groups is 1. The summed E-state index contributed by atoms with van der Waals surface area (Å²) in [5, 5.41) is 15.0. The van der Waals surface area contributed by atoms with Gasteiger partial charge in [-0.25, -0.2) is 9.78 Å². The Morgan fingerprint density at radius 2 is 1.71 bits per heavy atom. The van der Waals surface area contributed by atoms with Gasteiger partial charge in [-0.15, -0.1) is 11.8 Å². The van der Waals surface area contributed by atoms with Gasteiger partial charge in [-0.05, 0) is 61.5 Å². The highest BCUT2D eigenvalue weighted by Gasteiger charge is 2.18. The van der Waals surface area contributed by atoms with Crippen LogP contribution in [0.5, 0.6) is 5.75 Å². The number of carboxylic acids is 1. The van der Waals surface area contributed by atoms with Gasteiger partial charge in [-0.3, -0.25) is 9.59 Å². The van der Waals surface area contributed by atoms with Crippen molar-refractivity contribution >= 4 is 61.9 Å². The molecule has 2 amide bonds. The molecule has 1 atom stereocenters. The van der Waals surface area contributed by atoms with Crippen molar-refractivity contribution in [2.45, 2.75) is 17.1 Å². The molecule has 0 fully saturated rings. The molecule has 3 N–H and O–H groups in total. The minimum atomic E-state index is -1.17. The largest absolute Gasteiger partial charge is 0.497 e. The number of hydrogen-bond donors (Lipinski definition) is 3. The van der Waals surface area contributed by atoms with Gasteiger partial charge in [-0.2, -0.15) is 0 Å². The first kappa shape index (κ1) is 24.2. The Hall–Kier alpha value is -3.89. The quantitative estimate of drug-likeness (QED) is 0.274. The van der Waals surface area contributed by atoms with Crippen LogP contribution >= 0.6 is 23.1 Å². The predicted octanol–water partition coefficient (Wildman–Crippen LogP) is 5.37. The smallest absolute Gasteiger partial charge is 0.336 e. The number of carbonyl (C=O) groups excluding carboxylic acids is 2. The molecule has 0 aliphatic carbocycles. The van der Waals surface area contributed by atoms with Crippen molar-refractivity contribution in [2.24, 2.45) is 0 Å². The molecule has 1 aromatic heterocycles. The maximum atomic E-state index is 12.7. The highest BCUT2D eigenvalue weighted by atomic mass is 32.2. The summed E-state index contributed by atoms with van der Waals surface area (Å²) in [5.41, 5.74) is 1.32.